The summed E-state index contributed by atoms with van der Waals surface area (Å²) in [5.41, 5.74) is 2.88. The molecular formula is C22H20N6O3S. The van der Waals surface area contributed by atoms with Crippen molar-refractivity contribution < 1.29 is 9.72 Å². The van der Waals surface area contributed by atoms with Gasteiger partial charge < -0.3 is 4.90 Å². The Hall–Kier alpha value is -3.92. The molecule has 0 saturated heterocycles. The third kappa shape index (κ3) is 4.00. The zero-order valence-electron chi connectivity index (χ0n) is 17.7. The van der Waals surface area contributed by atoms with Gasteiger partial charge in [0.05, 0.1) is 22.4 Å². The maximum atomic E-state index is 13.0. The molecule has 3 aromatic rings. The van der Waals surface area contributed by atoms with Crippen molar-refractivity contribution in [2.45, 2.75) is 19.9 Å². The summed E-state index contributed by atoms with van der Waals surface area (Å²) in [5, 5.41) is 24.5. The average Bonchev–Trinajstić information content (AvgIpc) is 3.26. The van der Waals surface area contributed by atoms with Crippen LogP contribution in [0.25, 0.3) is 5.69 Å². The second-order valence-electron chi connectivity index (χ2n) is 7.22. The number of nitro groups is 1. The lowest BCUT2D eigenvalue weighted by molar-refractivity contribution is -0.384. The summed E-state index contributed by atoms with van der Waals surface area (Å²) in [6.07, 6.45) is 1.48. The number of rotatable bonds is 5. The van der Waals surface area contributed by atoms with Gasteiger partial charge in [0.25, 0.3) is 5.69 Å². The number of aromatic nitrogens is 2. The molecule has 1 atom stereocenters. The van der Waals surface area contributed by atoms with Gasteiger partial charge in [0.15, 0.2) is 5.78 Å². The van der Waals surface area contributed by atoms with Crippen LogP contribution in [0.4, 0.5) is 5.69 Å². The van der Waals surface area contributed by atoms with Crippen LogP contribution in [0.1, 0.15) is 23.5 Å². The van der Waals surface area contributed by atoms with Crippen molar-refractivity contribution in [1.82, 2.24) is 14.7 Å². The highest BCUT2D eigenvalue weighted by molar-refractivity contribution is 7.08. The van der Waals surface area contributed by atoms with E-state index in [1.807, 2.05) is 56.1 Å². The van der Waals surface area contributed by atoms with E-state index in [9.17, 15) is 14.9 Å². The Morgan fingerprint density at radius 3 is 2.47 bits per heavy atom. The van der Waals surface area contributed by atoms with E-state index in [0.717, 1.165) is 16.3 Å². The van der Waals surface area contributed by atoms with Crippen LogP contribution in [0.2, 0.25) is 0 Å². The molecular weight excluding hydrogens is 428 g/mol. The fourth-order valence-electron chi connectivity index (χ4n) is 3.51. The van der Waals surface area contributed by atoms with Gasteiger partial charge in [0.2, 0.25) is 4.80 Å². The first kappa shape index (κ1) is 21.3. The number of benzene rings is 2. The minimum absolute atomic E-state index is 0.00272. The summed E-state index contributed by atoms with van der Waals surface area (Å²) in [6.45, 7) is 3.72. The van der Waals surface area contributed by atoms with Crippen molar-refractivity contribution in [3.05, 3.63) is 91.4 Å². The maximum Gasteiger partial charge on any atom is 0.269 e. The summed E-state index contributed by atoms with van der Waals surface area (Å²) >= 11 is 1.33. The third-order valence-corrected chi connectivity index (χ3v) is 6.05. The summed E-state index contributed by atoms with van der Waals surface area (Å²) < 4.78 is 1.57. The molecule has 162 valence electrons. The molecule has 0 radical (unpaired) electrons. The van der Waals surface area contributed by atoms with Crippen molar-refractivity contribution in [2.75, 3.05) is 7.05 Å². The molecule has 0 saturated carbocycles. The van der Waals surface area contributed by atoms with Gasteiger partial charge in [-0.05, 0) is 31.5 Å². The van der Waals surface area contributed by atoms with Crippen LogP contribution in [0.5, 0.6) is 0 Å². The molecule has 1 aromatic heterocycles. The van der Waals surface area contributed by atoms with Gasteiger partial charge in [0.1, 0.15) is 11.0 Å². The van der Waals surface area contributed by atoms with E-state index in [1.54, 1.807) is 16.8 Å². The molecule has 1 aliphatic heterocycles. The lowest BCUT2D eigenvalue weighted by Gasteiger charge is -2.22. The topological polar surface area (TPSA) is 106 Å². The van der Waals surface area contributed by atoms with Gasteiger partial charge in [-0.25, -0.2) is 4.68 Å². The van der Waals surface area contributed by atoms with Crippen LogP contribution >= 0.6 is 11.3 Å². The predicted molar refractivity (Wildman–Crippen MR) is 122 cm³/mol. The number of Topliss-reactive ketones (excluding diaryl/α,β-unsaturated/α-hetero) is 1. The zero-order chi connectivity index (χ0) is 22.8. The van der Waals surface area contributed by atoms with Crippen molar-refractivity contribution in [1.29, 1.82) is 0 Å². The molecule has 0 fully saturated rings. The molecule has 1 aliphatic rings. The molecule has 0 spiro atoms. The van der Waals surface area contributed by atoms with Gasteiger partial charge in [-0.2, -0.15) is 10.2 Å². The number of non-ortho nitro benzene ring substituents is 1. The normalized spacial score (nSPS) is 17.1. The van der Waals surface area contributed by atoms with Gasteiger partial charge in [0, 0.05) is 24.9 Å². The summed E-state index contributed by atoms with van der Waals surface area (Å²) in [6, 6.07) is 15.3. The average molecular weight is 449 g/mol. The SMILES string of the molecule is CC1=C(C=NN=c2sc(C)nn2-c2ccc([N+](=O)[O-])cc2)C(=O)C(c2ccccc2)N1C. The minimum atomic E-state index is -0.454. The van der Waals surface area contributed by atoms with E-state index in [4.69, 9.17) is 0 Å². The van der Waals surface area contributed by atoms with Crippen LogP contribution < -0.4 is 4.80 Å². The Bertz CT molecular complexity index is 1310. The molecule has 10 heteroatoms. The Morgan fingerprint density at radius 1 is 1.12 bits per heavy atom. The van der Waals surface area contributed by atoms with Gasteiger partial charge >= 0.3 is 0 Å². The first-order valence-electron chi connectivity index (χ1n) is 9.78. The summed E-state index contributed by atoms with van der Waals surface area (Å²) in [7, 11) is 1.89. The van der Waals surface area contributed by atoms with Crippen molar-refractivity contribution in [3.8, 4) is 5.69 Å². The highest BCUT2D eigenvalue weighted by Crippen LogP contribution is 2.33. The Labute approximate surface area is 187 Å². The van der Waals surface area contributed by atoms with Crippen LogP contribution in [0, 0.1) is 17.0 Å². The van der Waals surface area contributed by atoms with E-state index in [0.29, 0.717) is 16.1 Å². The first-order valence-corrected chi connectivity index (χ1v) is 10.6. The van der Waals surface area contributed by atoms with E-state index in [-0.39, 0.29) is 17.5 Å². The second-order valence-corrected chi connectivity index (χ2v) is 8.38. The van der Waals surface area contributed by atoms with Crippen molar-refractivity contribution in [3.63, 3.8) is 0 Å². The maximum absolute atomic E-state index is 13.0. The Morgan fingerprint density at radius 2 is 1.81 bits per heavy atom. The number of nitro benzene ring substituents is 1. The first-order chi connectivity index (χ1) is 15.4. The van der Waals surface area contributed by atoms with Crippen LogP contribution in [0.3, 0.4) is 0 Å². The number of hydrogen-bond donors (Lipinski definition) is 0. The number of carbonyl (C=O) groups excluding carboxylic acids is 1. The number of hydrogen-bond acceptors (Lipinski definition) is 8. The number of ketones is 1. The number of likely N-dealkylation sites (N-methyl/N-ethyl adjacent to an activating group) is 1. The molecule has 0 aliphatic carbocycles. The van der Waals surface area contributed by atoms with Gasteiger partial charge in [-0.15, -0.1) is 5.10 Å². The van der Waals surface area contributed by atoms with Gasteiger partial charge in [-0.3, -0.25) is 14.9 Å². The van der Waals surface area contributed by atoms with Crippen LogP contribution in [-0.4, -0.2) is 38.6 Å². The highest BCUT2D eigenvalue weighted by Gasteiger charge is 2.35. The Balaban J connectivity index is 1.63. The molecule has 2 aromatic carbocycles. The molecule has 0 N–H and O–H groups in total. The monoisotopic (exact) mass is 448 g/mol. The third-order valence-electron chi connectivity index (χ3n) is 5.23. The second kappa shape index (κ2) is 8.67. The quantitative estimate of drug-likeness (QED) is 0.337. The number of aryl methyl sites for hydroxylation is 1. The fraction of sp³-hybridized carbons (Fsp3) is 0.182. The van der Waals surface area contributed by atoms with E-state index < -0.39 is 4.92 Å². The number of allylic oxidation sites excluding steroid dienone is 1. The summed E-state index contributed by atoms with van der Waals surface area (Å²) in [4.78, 5) is 25.9. The zero-order valence-corrected chi connectivity index (χ0v) is 18.5. The molecule has 2 heterocycles. The van der Waals surface area contributed by atoms with Crippen molar-refractivity contribution >= 4 is 29.0 Å². The summed E-state index contributed by atoms with van der Waals surface area (Å²) in [5.74, 6) is -0.0288. The lowest BCUT2D eigenvalue weighted by Crippen LogP contribution is -2.22. The molecule has 1 unspecified atom stereocenters. The molecule has 0 bridgehead atoms. The Kier molecular flexibility index (Phi) is 5.78. The minimum Gasteiger partial charge on any atom is -0.363 e. The molecule has 32 heavy (non-hydrogen) atoms. The largest absolute Gasteiger partial charge is 0.363 e. The molecule has 0 amide bonds. The van der Waals surface area contributed by atoms with E-state index in [1.165, 1.54) is 29.7 Å². The molecule has 4 rings (SSSR count). The number of nitrogens with zero attached hydrogens (tertiary/aromatic N) is 6. The van der Waals surface area contributed by atoms with Crippen molar-refractivity contribution in [2.24, 2.45) is 10.2 Å². The predicted octanol–water partition coefficient (Wildman–Crippen LogP) is 3.57. The highest BCUT2D eigenvalue weighted by atomic mass is 32.1. The van der Waals surface area contributed by atoms with Gasteiger partial charge in [-0.1, -0.05) is 41.7 Å². The lowest BCUT2D eigenvalue weighted by atomic mass is 10.0. The van der Waals surface area contributed by atoms with E-state index >= 15 is 0 Å². The number of carbonyl (C=O) groups is 1. The smallest absolute Gasteiger partial charge is 0.269 e. The van der Waals surface area contributed by atoms with E-state index in [2.05, 4.69) is 15.3 Å². The van der Waals surface area contributed by atoms with Crippen LogP contribution in [0.15, 0.2) is 76.1 Å². The van der Waals surface area contributed by atoms with Crippen LogP contribution in [-0.2, 0) is 4.79 Å². The fourth-order valence-corrected chi connectivity index (χ4v) is 4.22. The molecule has 9 nitrogen and oxygen atoms in total. The standard InChI is InChI=1S/C22H20N6O3S/c1-14-19(21(29)20(26(14)3)16-7-5-4-6-8-16)13-23-24-22-27(25-15(2)32-22)17-9-11-18(12-10-17)28(30)31/h4-13,20H,1-3H3.